The molecule has 4 aromatic rings. The fourth-order valence-electron chi connectivity index (χ4n) is 3.12. The van der Waals surface area contributed by atoms with Crippen LogP contribution in [0.5, 0.6) is 0 Å². The van der Waals surface area contributed by atoms with Gasteiger partial charge in [0.25, 0.3) is 5.91 Å². The van der Waals surface area contributed by atoms with Gasteiger partial charge < -0.3 is 9.88 Å². The van der Waals surface area contributed by atoms with Crippen LogP contribution in [0.4, 0.5) is 0 Å². The highest BCUT2D eigenvalue weighted by Gasteiger charge is 2.15. The quantitative estimate of drug-likeness (QED) is 0.604. The van der Waals surface area contributed by atoms with E-state index in [1.807, 2.05) is 54.6 Å². The van der Waals surface area contributed by atoms with Gasteiger partial charge in [0.15, 0.2) is 0 Å². The van der Waals surface area contributed by atoms with Crippen molar-refractivity contribution in [3.63, 3.8) is 0 Å². The van der Waals surface area contributed by atoms with Crippen molar-refractivity contribution in [3.8, 4) is 5.69 Å². The number of rotatable bonds is 5. The van der Waals surface area contributed by atoms with Gasteiger partial charge in [0.05, 0.1) is 30.1 Å². The third kappa shape index (κ3) is 2.86. The molecule has 6 nitrogen and oxygen atoms in total. The minimum atomic E-state index is -0.180. The molecule has 0 atom stereocenters. The Morgan fingerprint density at radius 2 is 1.85 bits per heavy atom. The average Bonchev–Trinajstić information content (AvgIpc) is 3.31. The maximum Gasteiger partial charge on any atom is 0.270 e. The maximum absolute atomic E-state index is 12.7. The van der Waals surface area contributed by atoms with Gasteiger partial charge in [-0.15, -0.1) is 0 Å². The van der Waals surface area contributed by atoms with Crippen LogP contribution in [0.2, 0.25) is 0 Å². The second kappa shape index (κ2) is 6.84. The van der Waals surface area contributed by atoms with Gasteiger partial charge in [0.2, 0.25) is 0 Å². The van der Waals surface area contributed by atoms with Crippen LogP contribution in [0, 0.1) is 0 Å². The summed E-state index contributed by atoms with van der Waals surface area (Å²) in [4.78, 5) is 21.4. The van der Waals surface area contributed by atoms with Gasteiger partial charge in [-0.25, -0.2) is 9.97 Å². The summed E-state index contributed by atoms with van der Waals surface area (Å²) in [7, 11) is 0. The molecule has 0 aliphatic carbocycles. The first-order valence-corrected chi connectivity index (χ1v) is 8.58. The molecular weight excluding hydrogens is 326 g/mol. The highest BCUT2D eigenvalue weighted by atomic mass is 16.2. The molecule has 0 spiro atoms. The first-order chi connectivity index (χ1) is 12.8. The molecule has 0 saturated carbocycles. The van der Waals surface area contributed by atoms with E-state index >= 15 is 0 Å². The lowest BCUT2D eigenvalue weighted by Gasteiger charge is -2.10. The van der Waals surface area contributed by atoms with Crippen LogP contribution in [0.15, 0.2) is 67.1 Å². The Hall–Kier alpha value is -3.41. The normalized spacial score (nSPS) is 11.0. The number of nitrogens with one attached hydrogen (secondary N) is 1. The number of carbonyl (C=O) groups is 1. The molecule has 1 N–H and O–H groups in total. The predicted molar refractivity (Wildman–Crippen MR) is 100 cm³/mol. The van der Waals surface area contributed by atoms with Crippen LogP contribution < -0.4 is 5.32 Å². The zero-order valence-electron chi connectivity index (χ0n) is 14.5. The first-order valence-electron chi connectivity index (χ1n) is 8.58. The Kier molecular flexibility index (Phi) is 4.23. The maximum atomic E-state index is 12.7. The lowest BCUT2D eigenvalue weighted by Crippen LogP contribution is -2.26. The number of hydrogen-bond donors (Lipinski definition) is 1. The van der Waals surface area contributed by atoms with Gasteiger partial charge in [-0.05, 0) is 31.2 Å². The van der Waals surface area contributed by atoms with E-state index in [-0.39, 0.29) is 5.91 Å². The van der Waals surface area contributed by atoms with Crippen molar-refractivity contribution < 1.29 is 4.79 Å². The van der Waals surface area contributed by atoms with E-state index in [0.717, 1.165) is 29.1 Å². The minimum Gasteiger partial charge on any atom is -0.343 e. The summed E-state index contributed by atoms with van der Waals surface area (Å²) in [5.74, 6) is 0.661. The number of aryl methyl sites for hydroxylation is 1. The molecule has 0 aliphatic rings. The van der Waals surface area contributed by atoms with Crippen LogP contribution in [-0.4, -0.2) is 25.0 Å². The van der Waals surface area contributed by atoms with Gasteiger partial charge in [0.1, 0.15) is 11.5 Å². The summed E-state index contributed by atoms with van der Waals surface area (Å²) in [5.41, 5.74) is 3.41. The fourth-order valence-corrected chi connectivity index (χ4v) is 3.12. The number of imidazole rings is 2. The fraction of sp³-hybridized carbons (Fsp3) is 0.150. The number of amides is 1. The number of carbonyl (C=O) groups excluding carboxylic acids is 1. The Labute approximate surface area is 151 Å². The molecule has 6 heteroatoms. The minimum absolute atomic E-state index is 0.180. The van der Waals surface area contributed by atoms with E-state index in [2.05, 4.69) is 26.8 Å². The van der Waals surface area contributed by atoms with Gasteiger partial charge in [-0.2, -0.15) is 0 Å². The van der Waals surface area contributed by atoms with Crippen molar-refractivity contribution >= 4 is 16.9 Å². The zero-order chi connectivity index (χ0) is 17.9. The van der Waals surface area contributed by atoms with Crippen LogP contribution in [-0.2, 0) is 13.1 Å². The molecule has 0 fully saturated rings. The highest BCUT2D eigenvalue weighted by molar-refractivity contribution is 5.93. The molecule has 0 radical (unpaired) electrons. The number of benzene rings is 2. The summed E-state index contributed by atoms with van der Waals surface area (Å²) in [6, 6.07) is 17.7. The van der Waals surface area contributed by atoms with E-state index in [1.54, 1.807) is 17.1 Å². The predicted octanol–water partition coefficient (Wildman–Crippen LogP) is 3.17. The standard InChI is InChI=1S/C20H19N5O/c1-2-24-17-11-7-6-10-16(17)23-19(24)13-22-20(26)18-12-21-14-25(18)15-8-4-3-5-9-15/h3-12,14H,2,13H2,1H3,(H,22,26). The largest absolute Gasteiger partial charge is 0.343 e. The number of para-hydroxylation sites is 3. The molecule has 2 aromatic carbocycles. The number of aromatic nitrogens is 4. The lowest BCUT2D eigenvalue weighted by molar-refractivity contribution is 0.0942. The molecule has 1 amide bonds. The summed E-state index contributed by atoms with van der Waals surface area (Å²) < 4.78 is 3.89. The van der Waals surface area contributed by atoms with Crippen molar-refractivity contribution in [3.05, 3.63) is 78.6 Å². The van der Waals surface area contributed by atoms with Crippen LogP contribution in [0.1, 0.15) is 23.2 Å². The molecule has 2 heterocycles. The molecule has 0 bridgehead atoms. The number of nitrogens with zero attached hydrogens (tertiary/aromatic N) is 4. The molecule has 26 heavy (non-hydrogen) atoms. The Morgan fingerprint density at radius 3 is 2.65 bits per heavy atom. The molecular formula is C20H19N5O. The molecule has 130 valence electrons. The zero-order valence-corrected chi connectivity index (χ0v) is 14.5. The van der Waals surface area contributed by atoms with Crippen LogP contribution >= 0.6 is 0 Å². The van der Waals surface area contributed by atoms with Crippen molar-refractivity contribution in [2.24, 2.45) is 0 Å². The highest BCUT2D eigenvalue weighted by Crippen LogP contribution is 2.16. The second-order valence-corrected chi connectivity index (χ2v) is 5.93. The van der Waals surface area contributed by atoms with Crippen molar-refractivity contribution in [1.29, 1.82) is 0 Å². The Bertz CT molecular complexity index is 1050. The molecule has 2 aromatic heterocycles. The molecule has 0 saturated heterocycles. The van der Waals surface area contributed by atoms with Crippen LogP contribution in [0.25, 0.3) is 16.7 Å². The van der Waals surface area contributed by atoms with Gasteiger partial charge in [-0.1, -0.05) is 30.3 Å². The smallest absolute Gasteiger partial charge is 0.270 e. The molecule has 0 unspecified atom stereocenters. The number of fused-ring (bicyclic) bond motifs is 1. The third-order valence-electron chi connectivity index (χ3n) is 4.36. The van der Waals surface area contributed by atoms with E-state index in [9.17, 15) is 4.79 Å². The van der Waals surface area contributed by atoms with Gasteiger partial charge in [0, 0.05) is 12.2 Å². The average molecular weight is 345 g/mol. The molecule has 0 aliphatic heterocycles. The van der Waals surface area contributed by atoms with Crippen molar-refractivity contribution in [2.45, 2.75) is 20.0 Å². The topological polar surface area (TPSA) is 64.7 Å². The van der Waals surface area contributed by atoms with Crippen molar-refractivity contribution in [1.82, 2.24) is 24.4 Å². The van der Waals surface area contributed by atoms with E-state index < -0.39 is 0 Å². The van der Waals surface area contributed by atoms with Gasteiger partial charge in [-0.3, -0.25) is 9.36 Å². The third-order valence-corrected chi connectivity index (χ3v) is 4.36. The number of hydrogen-bond acceptors (Lipinski definition) is 3. The van der Waals surface area contributed by atoms with E-state index in [0.29, 0.717) is 12.2 Å². The van der Waals surface area contributed by atoms with Gasteiger partial charge >= 0.3 is 0 Å². The summed E-state index contributed by atoms with van der Waals surface area (Å²) in [5, 5.41) is 2.96. The monoisotopic (exact) mass is 345 g/mol. The Morgan fingerprint density at radius 1 is 1.08 bits per heavy atom. The Balaban J connectivity index is 1.57. The SMILES string of the molecule is CCn1c(CNC(=O)c2cncn2-c2ccccc2)nc2ccccc21. The summed E-state index contributed by atoms with van der Waals surface area (Å²) in [6.45, 7) is 3.24. The van der Waals surface area contributed by atoms with E-state index in [4.69, 9.17) is 0 Å². The molecule has 4 rings (SSSR count). The summed E-state index contributed by atoms with van der Waals surface area (Å²) in [6.07, 6.45) is 3.22. The summed E-state index contributed by atoms with van der Waals surface area (Å²) >= 11 is 0. The first kappa shape index (κ1) is 16.1. The lowest BCUT2D eigenvalue weighted by atomic mass is 10.3. The van der Waals surface area contributed by atoms with Crippen molar-refractivity contribution in [2.75, 3.05) is 0 Å². The second-order valence-electron chi connectivity index (χ2n) is 5.93. The van der Waals surface area contributed by atoms with E-state index in [1.165, 1.54) is 0 Å². The van der Waals surface area contributed by atoms with Crippen LogP contribution in [0.3, 0.4) is 0 Å².